The van der Waals surface area contributed by atoms with Crippen LogP contribution < -0.4 is 5.32 Å². The molecule has 2 rings (SSSR count). The maximum absolute atomic E-state index is 4.01. The molecule has 70 valence electrons. The monoisotopic (exact) mass is 178 g/mol. The average Bonchev–Trinajstić information content (AvgIpc) is 2.21. The summed E-state index contributed by atoms with van der Waals surface area (Å²) in [6, 6.07) is 4.19. The van der Waals surface area contributed by atoms with Crippen LogP contribution in [0.1, 0.15) is 5.56 Å². The van der Waals surface area contributed by atoms with Gasteiger partial charge < -0.3 is 5.32 Å². The SMILES string of the molecule is c1cc(CN2CC[NH2+]CC2)ccn1. The molecular formula is C10H16N3+. The summed E-state index contributed by atoms with van der Waals surface area (Å²) >= 11 is 0. The van der Waals surface area contributed by atoms with E-state index in [0.717, 1.165) is 6.54 Å². The predicted molar refractivity (Wildman–Crippen MR) is 51.2 cm³/mol. The van der Waals surface area contributed by atoms with Crippen LogP contribution in [0.25, 0.3) is 0 Å². The van der Waals surface area contributed by atoms with Gasteiger partial charge in [0.25, 0.3) is 0 Å². The molecule has 3 nitrogen and oxygen atoms in total. The summed E-state index contributed by atoms with van der Waals surface area (Å²) in [7, 11) is 0. The first-order valence-corrected chi connectivity index (χ1v) is 4.88. The lowest BCUT2D eigenvalue weighted by molar-refractivity contribution is -0.663. The minimum atomic E-state index is 1.08. The molecule has 0 aliphatic carbocycles. The number of pyridine rings is 1. The third-order valence-electron chi connectivity index (χ3n) is 2.45. The highest BCUT2D eigenvalue weighted by molar-refractivity contribution is 5.09. The summed E-state index contributed by atoms with van der Waals surface area (Å²) < 4.78 is 0. The van der Waals surface area contributed by atoms with Gasteiger partial charge in [-0.05, 0) is 17.7 Å². The van der Waals surface area contributed by atoms with E-state index in [-0.39, 0.29) is 0 Å². The van der Waals surface area contributed by atoms with Crippen molar-refractivity contribution in [1.82, 2.24) is 9.88 Å². The van der Waals surface area contributed by atoms with Crippen molar-refractivity contribution >= 4 is 0 Å². The van der Waals surface area contributed by atoms with Gasteiger partial charge in [-0.15, -0.1) is 0 Å². The Kier molecular flexibility index (Phi) is 2.90. The van der Waals surface area contributed by atoms with Crippen molar-refractivity contribution in [2.75, 3.05) is 26.2 Å². The summed E-state index contributed by atoms with van der Waals surface area (Å²) in [6.45, 7) is 5.98. The smallest absolute Gasteiger partial charge is 0.0885 e. The van der Waals surface area contributed by atoms with Crippen molar-refractivity contribution in [3.05, 3.63) is 30.1 Å². The zero-order valence-electron chi connectivity index (χ0n) is 7.82. The van der Waals surface area contributed by atoms with Gasteiger partial charge in [0.05, 0.1) is 13.1 Å². The number of quaternary nitrogens is 1. The van der Waals surface area contributed by atoms with E-state index in [1.54, 1.807) is 0 Å². The fourth-order valence-corrected chi connectivity index (χ4v) is 1.71. The molecule has 0 spiro atoms. The van der Waals surface area contributed by atoms with E-state index in [4.69, 9.17) is 0 Å². The molecule has 1 aliphatic rings. The van der Waals surface area contributed by atoms with Crippen LogP contribution in [0.15, 0.2) is 24.5 Å². The fourth-order valence-electron chi connectivity index (χ4n) is 1.71. The summed E-state index contributed by atoms with van der Waals surface area (Å²) in [4.78, 5) is 6.51. The fraction of sp³-hybridized carbons (Fsp3) is 0.500. The third-order valence-corrected chi connectivity index (χ3v) is 2.45. The molecule has 1 aliphatic heterocycles. The van der Waals surface area contributed by atoms with Crippen LogP contribution in [0.4, 0.5) is 0 Å². The minimum absolute atomic E-state index is 1.08. The van der Waals surface area contributed by atoms with Gasteiger partial charge in [0, 0.05) is 32.0 Å². The Morgan fingerprint density at radius 1 is 1.23 bits per heavy atom. The molecule has 1 aromatic heterocycles. The van der Waals surface area contributed by atoms with Crippen LogP contribution in [0, 0.1) is 0 Å². The van der Waals surface area contributed by atoms with Crippen molar-refractivity contribution in [2.45, 2.75) is 6.54 Å². The van der Waals surface area contributed by atoms with Crippen LogP contribution in [-0.2, 0) is 6.54 Å². The van der Waals surface area contributed by atoms with E-state index in [0.29, 0.717) is 0 Å². The molecule has 0 bridgehead atoms. The second-order valence-corrected chi connectivity index (χ2v) is 3.50. The van der Waals surface area contributed by atoms with Gasteiger partial charge >= 0.3 is 0 Å². The normalized spacial score (nSPS) is 18.8. The summed E-state index contributed by atoms with van der Waals surface area (Å²) in [5.74, 6) is 0. The van der Waals surface area contributed by atoms with Crippen LogP contribution in [0.5, 0.6) is 0 Å². The van der Waals surface area contributed by atoms with E-state index in [1.807, 2.05) is 12.4 Å². The lowest BCUT2D eigenvalue weighted by atomic mass is 10.2. The maximum atomic E-state index is 4.01. The Bertz CT molecular complexity index is 242. The van der Waals surface area contributed by atoms with Crippen molar-refractivity contribution in [2.24, 2.45) is 0 Å². The Hall–Kier alpha value is -0.930. The van der Waals surface area contributed by atoms with Crippen molar-refractivity contribution in [3.63, 3.8) is 0 Å². The van der Waals surface area contributed by atoms with Crippen molar-refractivity contribution in [1.29, 1.82) is 0 Å². The number of rotatable bonds is 2. The van der Waals surface area contributed by atoms with Crippen molar-refractivity contribution in [3.8, 4) is 0 Å². The van der Waals surface area contributed by atoms with Crippen LogP contribution in [-0.4, -0.2) is 36.1 Å². The van der Waals surface area contributed by atoms with Gasteiger partial charge in [-0.2, -0.15) is 0 Å². The maximum Gasteiger partial charge on any atom is 0.0885 e. The number of hydrogen-bond donors (Lipinski definition) is 1. The van der Waals surface area contributed by atoms with E-state index < -0.39 is 0 Å². The molecule has 1 fully saturated rings. The van der Waals surface area contributed by atoms with E-state index in [2.05, 4.69) is 27.3 Å². The number of nitrogens with two attached hydrogens (primary N) is 1. The number of nitrogens with zero attached hydrogens (tertiary/aromatic N) is 2. The number of aromatic nitrogens is 1. The van der Waals surface area contributed by atoms with Gasteiger partial charge in [0.15, 0.2) is 0 Å². The molecule has 0 saturated carbocycles. The van der Waals surface area contributed by atoms with E-state index in [9.17, 15) is 0 Å². The predicted octanol–water partition coefficient (Wildman–Crippen LogP) is -0.539. The Balaban J connectivity index is 1.90. The molecule has 0 atom stereocenters. The van der Waals surface area contributed by atoms with Gasteiger partial charge in [0.2, 0.25) is 0 Å². The highest BCUT2D eigenvalue weighted by Gasteiger charge is 2.11. The molecular weight excluding hydrogens is 162 g/mol. The van der Waals surface area contributed by atoms with Crippen LogP contribution in [0.3, 0.4) is 0 Å². The molecule has 1 aromatic rings. The first-order valence-electron chi connectivity index (χ1n) is 4.88. The van der Waals surface area contributed by atoms with E-state index >= 15 is 0 Å². The topological polar surface area (TPSA) is 32.7 Å². The van der Waals surface area contributed by atoms with Crippen LogP contribution in [0.2, 0.25) is 0 Å². The number of hydrogen-bond acceptors (Lipinski definition) is 2. The number of piperazine rings is 1. The summed E-state index contributed by atoms with van der Waals surface area (Å²) in [5.41, 5.74) is 1.37. The minimum Gasteiger partial charge on any atom is -0.344 e. The first kappa shape index (κ1) is 8.66. The Morgan fingerprint density at radius 2 is 1.92 bits per heavy atom. The molecule has 1 saturated heterocycles. The highest BCUT2D eigenvalue weighted by atomic mass is 15.2. The standard InChI is InChI=1S/C10H15N3/c1-3-11-4-2-10(1)9-13-7-5-12-6-8-13/h1-4,12H,5-9H2/p+1. The lowest BCUT2D eigenvalue weighted by Crippen LogP contribution is -2.89. The van der Waals surface area contributed by atoms with E-state index in [1.165, 1.54) is 31.7 Å². The quantitative estimate of drug-likeness (QED) is 0.660. The molecule has 2 heterocycles. The van der Waals surface area contributed by atoms with Gasteiger partial charge in [-0.1, -0.05) is 0 Å². The van der Waals surface area contributed by atoms with Gasteiger partial charge in [-0.3, -0.25) is 9.88 Å². The molecule has 0 radical (unpaired) electrons. The average molecular weight is 178 g/mol. The largest absolute Gasteiger partial charge is 0.344 e. The molecule has 3 heteroatoms. The molecule has 2 N–H and O–H groups in total. The summed E-state index contributed by atoms with van der Waals surface area (Å²) in [5, 5.41) is 2.38. The molecule has 0 aromatic carbocycles. The zero-order chi connectivity index (χ0) is 8.93. The van der Waals surface area contributed by atoms with Crippen LogP contribution >= 0.6 is 0 Å². The third kappa shape index (κ3) is 2.50. The Morgan fingerprint density at radius 3 is 2.62 bits per heavy atom. The molecule has 0 amide bonds. The second-order valence-electron chi connectivity index (χ2n) is 3.50. The van der Waals surface area contributed by atoms with Gasteiger partial charge in [-0.25, -0.2) is 0 Å². The van der Waals surface area contributed by atoms with Crippen molar-refractivity contribution < 1.29 is 5.32 Å². The first-order chi connectivity index (χ1) is 6.45. The summed E-state index contributed by atoms with van der Waals surface area (Å²) in [6.07, 6.45) is 3.73. The molecule has 13 heavy (non-hydrogen) atoms. The lowest BCUT2D eigenvalue weighted by Gasteiger charge is -2.24. The molecule has 0 unspecified atom stereocenters. The second kappa shape index (κ2) is 4.35. The van der Waals surface area contributed by atoms with Gasteiger partial charge in [0.1, 0.15) is 0 Å². The zero-order valence-corrected chi connectivity index (χ0v) is 7.82. The Labute approximate surface area is 78.8 Å². The highest BCUT2D eigenvalue weighted by Crippen LogP contribution is 2.02.